The lowest BCUT2D eigenvalue weighted by Gasteiger charge is -2.47. The number of β-lactam (4-membered cyclic amide) rings is 1. The summed E-state index contributed by atoms with van der Waals surface area (Å²) in [6.07, 6.45) is 4.48. The number of esters is 1. The predicted molar refractivity (Wildman–Crippen MR) is 165 cm³/mol. The molecule has 0 bridgehead atoms. The van der Waals surface area contributed by atoms with Crippen molar-refractivity contribution in [1.29, 1.82) is 0 Å². The fraction of sp³-hybridized carbons (Fsp3) is 0.382. The molecule has 3 aromatic rings. The predicted octanol–water partition coefficient (Wildman–Crippen LogP) is 7.35. The Morgan fingerprint density at radius 2 is 1.60 bits per heavy atom. The number of carbonyl (C=O) groups is 3. The zero-order valence-electron chi connectivity index (χ0n) is 24.6. The normalized spacial score (nSPS) is 16.6. The van der Waals surface area contributed by atoms with Crippen LogP contribution in [-0.2, 0) is 20.7 Å². The lowest BCUT2D eigenvalue weighted by molar-refractivity contribution is -0.157. The van der Waals surface area contributed by atoms with E-state index in [0.29, 0.717) is 17.0 Å². The van der Waals surface area contributed by atoms with E-state index >= 15 is 0 Å². The summed E-state index contributed by atoms with van der Waals surface area (Å²) < 4.78 is 24.5. The molecular weight excluding hydrogens is 553 g/mol. The third kappa shape index (κ3) is 8.22. The zero-order valence-corrected chi connectivity index (χ0v) is 25.4. The molecule has 0 unspecified atom stereocenters. The smallest absolute Gasteiger partial charge is 0.344 e. The highest BCUT2D eigenvalue weighted by atomic mass is 32.2. The van der Waals surface area contributed by atoms with Gasteiger partial charge in [-0.3, -0.25) is 9.59 Å². The molecule has 2 atom stereocenters. The highest BCUT2D eigenvalue weighted by molar-refractivity contribution is 8.01. The van der Waals surface area contributed by atoms with Crippen LogP contribution in [0.25, 0.3) is 0 Å². The number of nitrogens with zero attached hydrogens (tertiary/aromatic N) is 1. The van der Waals surface area contributed by atoms with Crippen LogP contribution in [0.4, 0.5) is 10.1 Å². The van der Waals surface area contributed by atoms with Crippen LogP contribution >= 0.6 is 11.8 Å². The second kappa shape index (κ2) is 14.0. The molecule has 0 radical (unpaired) electrons. The van der Waals surface area contributed by atoms with Crippen LogP contribution in [0.5, 0.6) is 5.75 Å². The summed E-state index contributed by atoms with van der Waals surface area (Å²) in [7, 11) is 0. The van der Waals surface area contributed by atoms with Crippen molar-refractivity contribution < 1.29 is 28.2 Å². The molecule has 8 heteroatoms. The van der Waals surface area contributed by atoms with Crippen molar-refractivity contribution in [1.82, 2.24) is 0 Å². The molecule has 0 spiro atoms. The number of hydrogen-bond acceptors (Lipinski definition) is 6. The number of anilines is 1. The van der Waals surface area contributed by atoms with Crippen LogP contribution in [0, 0.1) is 5.82 Å². The molecule has 42 heavy (non-hydrogen) atoms. The van der Waals surface area contributed by atoms with E-state index in [1.54, 1.807) is 49.9 Å². The Labute approximate surface area is 251 Å². The van der Waals surface area contributed by atoms with Crippen LogP contribution in [0.2, 0.25) is 0 Å². The number of ketones is 1. The van der Waals surface area contributed by atoms with Crippen LogP contribution in [0.1, 0.15) is 74.5 Å². The average Bonchev–Trinajstić information content (AvgIpc) is 2.95. The van der Waals surface area contributed by atoms with Gasteiger partial charge in [-0.1, -0.05) is 56.2 Å². The SMILES string of the molecule is CCCCCc1ccc(C(=O)CS[C@H]2C(=O)N(c3ccc(F)cc3)[C@@H]2c2ccc(OCC(=O)OC(C)(C)C)cc2)cc1. The maximum Gasteiger partial charge on any atom is 0.344 e. The molecule has 1 amide bonds. The Morgan fingerprint density at radius 1 is 0.929 bits per heavy atom. The molecule has 0 aliphatic carbocycles. The number of aryl methyl sites for hydroxylation is 1. The van der Waals surface area contributed by atoms with E-state index in [1.807, 2.05) is 36.4 Å². The summed E-state index contributed by atoms with van der Waals surface area (Å²) in [6, 6.07) is 20.3. The minimum absolute atomic E-state index is 0.0298. The van der Waals surface area contributed by atoms with Crippen molar-refractivity contribution in [2.75, 3.05) is 17.3 Å². The maximum atomic E-state index is 13.6. The summed E-state index contributed by atoms with van der Waals surface area (Å²) in [5.74, 6) is -0.371. The van der Waals surface area contributed by atoms with Gasteiger partial charge in [0, 0.05) is 11.3 Å². The van der Waals surface area contributed by atoms with Gasteiger partial charge in [-0.05, 0) is 81.1 Å². The Bertz CT molecular complexity index is 1370. The topological polar surface area (TPSA) is 72.9 Å². The fourth-order valence-corrected chi connectivity index (χ4v) is 6.01. The van der Waals surface area contributed by atoms with Gasteiger partial charge in [0.05, 0.1) is 11.8 Å². The monoisotopic (exact) mass is 591 g/mol. The Balaban J connectivity index is 1.44. The minimum Gasteiger partial charge on any atom is -0.482 e. The van der Waals surface area contributed by atoms with Gasteiger partial charge in [-0.25, -0.2) is 9.18 Å². The third-order valence-electron chi connectivity index (χ3n) is 6.89. The van der Waals surface area contributed by atoms with E-state index in [4.69, 9.17) is 9.47 Å². The summed E-state index contributed by atoms with van der Waals surface area (Å²) in [6.45, 7) is 7.33. The number of halogens is 1. The molecule has 3 aromatic carbocycles. The molecule has 4 rings (SSSR count). The number of thioether (sulfide) groups is 1. The van der Waals surface area contributed by atoms with Crippen molar-refractivity contribution in [3.63, 3.8) is 0 Å². The van der Waals surface area contributed by atoms with Crippen molar-refractivity contribution in [3.05, 3.63) is 95.3 Å². The molecule has 6 nitrogen and oxygen atoms in total. The van der Waals surface area contributed by atoms with Gasteiger partial charge in [0.25, 0.3) is 0 Å². The van der Waals surface area contributed by atoms with Crippen LogP contribution in [0.3, 0.4) is 0 Å². The van der Waals surface area contributed by atoms with Crippen molar-refractivity contribution in [2.45, 2.75) is 70.3 Å². The van der Waals surface area contributed by atoms with E-state index in [-0.39, 0.29) is 35.9 Å². The summed E-state index contributed by atoms with van der Waals surface area (Å²) in [5, 5.41) is -0.485. The number of Topliss-reactive ketones (excluding diaryl/α,β-unsaturated/α-hetero) is 1. The number of hydrogen-bond donors (Lipinski definition) is 0. The first-order chi connectivity index (χ1) is 20.1. The standard InChI is InChI=1S/C34H38FNO5S/c1-5-6-7-8-23-9-11-24(12-10-23)29(37)22-42-32-31(36(33(32)39)27-17-15-26(35)16-18-27)25-13-19-28(20-14-25)40-21-30(38)41-34(2,3)4/h9-20,31-32H,5-8,21-22H2,1-4H3/t31-,32-/m1/s1. The summed E-state index contributed by atoms with van der Waals surface area (Å²) >= 11 is 1.32. The van der Waals surface area contributed by atoms with Crippen LogP contribution < -0.4 is 9.64 Å². The first-order valence-corrected chi connectivity index (χ1v) is 15.4. The Morgan fingerprint density at radius 3 is 2.21 bits per heavy atom. The van der Waals surface area contributed by atoms with Crippen molar-refractivity contribution in [3.8, 4) is 5.75 Å². The van der Waals surface area contributed by atoms with E-state index in [2.05, 4.69) is 6.92 Å². The highest BCUT2D eigenvalue weighted by Crippen LogP contribution is 2.45. The van der Waals surface area contributed by atoms with E-state index < -0.39 is 16.8 Å². The number of amides is 1. The lowest BCUT2D eigenvalue weighted by Crippen LogP contribution is -2.57. The first kappa shape index (κ1) is 31.3. The fourth-order valence-electron chi connectivity index (χ4n) is 4.80. The number of rotatable bonds is 13. The molecule has 1 aliphatic rings. The number of benzene rings is 3. The number of carbonyl (C=O) groups excluding carboxylic acids is 3. The van der Waals surface area contributed by atoms with Gasteiger partial charge in [0.15, 0.2) is 12.4 Å². The molecule has 1 aliphatic heterocycles. The highest BCUT2D eigenvalue weighted by Gasteiger charge is 2.49. The summed E-state index contributed by atoms with van der Waals surface area (Å²) in [4.78, 5) is 40.0. The second-order valence-corrected chi connectivity index (χ2v) is 12.5. The van der Waals surface area contributed by atoms with Gasteiger partial charge in [0.1, 0.15) is 22.4 Å². The van der Waals surface area contributed by atoms with E-state index in [0.717, 1.165) is 18.4 Å². The van der Waals surface area contributed by atoms with Gasteiger partial charge in [-0.2, -0.15) is 0 Å². The molecule has 1 heterocycles. The maximum absolute atomic E-state index is 13.6. The van der Waals surface area contributed by atoms with E-state index in [1.165, 1.54) is 42.3 Å². The van der Waals surface area contributed by atoms with Gasteiger partial charge < -0.3 is 14.4 Å². The second-order valence-electron chi connectivity index (χ2n) is 11.4. The van der Waals surface area contributed by atoms with Gasteiger partial charge >= 0.3 is 5.97 Å². The van der Waals surface area contributed by atoms with Gasteiger partial charge in [-0.15, -0.1) is 11.8 Å². The lowest BCUT2D eigenvalue weighted by atomic mass is 9.92. The largest absolute Gasteiger partial charge is 0.482 e. The third-order valence-corrected chi connectivity index (χ3v) is 8.14. The summed E-state index contributed by atoms with van der Waals surface area (Å²) in [5.41, 5.74) is 2.67. The average molecular weight is 592 g/mol. The number of ether oxygens (including phenoxy) is 2. The molecule has 222 valence electrons. The molecule has 0 aromatic heterocycles. The molecule has 1 fully saturated rings. The van der Waals surface area contributed by atoms with E-state index in [9.17, 15) is 18.8 Å². The Hall–Kier alpha value is -3.65. The van der Waals surface area contributed by atoms with Gasteiger partial charge in [0.2, 0.25) is 5.91 Å². The van der Waals surface area contributed by atoms with Crippen LogP contribution in [-0.4, -0.2) is 40.9 Å². The quantitative estimate of drug-likeness (QED) is 0.0896. The molecule has 0 N–H and O–H groups in total. The molecular formula is C34H38FNO5S. The van der Waals surface area contributed by atoms with Crippen LogP contribution in [0.15, 0.2) is 72.8 Å². The van der Waals surface area contributed by atoms with Crippen molar-refractivity contribution in [2.24, 2.45) is 0 Å². The number of unbranched alkanes of at least 4 members (excludes halogenated alkanes) is 2. The minimum atomic E-state index is -0.601. The molecule has 1 saturated heterocycles. The molecule has 0 saturated carbocycles. The first-order valence-electron chi connectivity index (χ1n) is 14.3. The zero-order chi connectivity index (χ0) is 30.3. The van der Waals surface area contributed by atoms with Crippen molar-refractivity contribution >= 4 is 35.1 Å². The Kier molecular flexibility index (Phi) is 10.4.